The number of nitrogens with zero attached hydrogens (tertiary/aromatic N) is 9. The summed E-state index contributed by atoms with van der Waals surface area (Å²) < 4.78 is 141. The van der Waals surface area contributed by atoms with Gasteiger partial charge in [-0.1, -0.05) is 35.1 Å². The summed E-state index contributed by atoms with van der Waals surface area (Å²) in [6, 6.07) is 14.7. The Morgan fingerprint density at radius 2 is 1.38 bits per heavy atom. The number of phenols is 1. The molecule has 0 bridgehead atoms. The molecular formula is C36H28ClN9O15S5. The van der Waals surface area contributed by atoms with Crippen molar-refractivity contribution in [3.8, 4) is 23.1 Å². The number of halogens is 1. The maximum absolute atomic E-state index is 12.7. The van der Waals surface area contributed by atoms with Crippen molar-refractivity contribution in [2.24, 2.45) is 30.7 Å². The van der Waals surface area contributed by atoms with Crippen LogP contribution in [0.1, 0.15) is 12.0 Å². The van der Waals surface area contributed by atoms with Crippen LogP contribution in [0.5, 0.6) is 17.4 Å². The van der Waals surface area contributed by atoms with E-state index in [0.29, 0.717) is 10.3 Å². The summed E-state index contributed by atoms with van der Waals surface area (Å²) in [4.78, 5) is 2.33. The standard InChI is InChI=1S/C36H28ClN9O15S5/c1-18-12-27(29(61-10-3-11-63(49,50)51)16-26(18)42-45-36-39-32-30(62-36)4-2-5-31(32)65(55,56)57)43-40-24-8-7-23-22(33(24)47)6-9-25(34(23)66(58,59)60)41-44-28-17-38-46(35(28)48)20-13-19(37)14-21(15-20)64(52,53)54/h2,4-9,12-17,47-48H,3,10-11H2,1H3,(H,49,50,51)(H,52,53,54)(H,55,56,57)(H,58,59,60). The molecule has 24 nitrogen and oxygen atoms in total. The average Bonchev–Trinajstić information content (AvgIpc) is 3.82. The highest BCUT2D eigenvalue weighted by Crippen LogP contribution is 2.44. The number of phenolic OH excluding ortho intramolecular Hbond substituents is 1. The SMILES string of the molecule is Cc1cc(N=Nc2ccc3c(S(=O)(=O)O)c(N=Nc4cnn(-c5cc(Cl)cc(S(=O)(=O)O)c5)c4O)ccc3c2O)c(OCCCS(=O)(=O)O)cc1N=Nc1nc2c(S(=O)(=O)O)cccc2s1. The van der Waals surface area contributed by atoms with Crippen molar-refractivity contribution in [1.82, 2.24) is 14.8 Å². The van der Waals surface area contributed by atoms with E-state index in [1.165, 1.54) is 42.5 Å². The normalized spacial score (nSPS) is 13.0. The Balaban J connectivity index is 1.21. The molecule has 66 heavy (non-hydrogen) atoms. The van der Waals surface area contributed by atoms with Crippen molar-refractivity contribution >= 4 is 118 Å². The smallest absolute Gasteiger partial charge is 0.297 e. The number of fused-ring (bicyclic) bond motifs is 2. The number of thiazole rings is 1. The summed E-state index contributed by atoms with van der Waals surface area (Å²) in [6.45, 7) is 1.36. The van der Waals surface area contributed by atoms with Crippen LogP contribution in [0.4, 0.5) is 33.6 Å². The number of azo groups is 3. The van der Waals surface area contributed by atoms with E-state index in [-0.39, 0.29) is 73.7 Å². The van der Waals surface area contributed by atoms with Crippen molar-refractivity contribution in [3.05, 3.63) is 89.6 Å². The average molecular weight is 1020 g/mol. The Bertz CT molecular complexity index is 3670. The lowest BCUT2D eigenvalue weighted by atomic mass is 10.1. The molecule has 6 N–H and O–H groups in total. The van der Waals surface area contributed by atoms with E-state index in [1.54, 1.807) is 13.0 Å². The zero-order valence-electron chi connectivity index (χ0n) is 32.9. The molecule has 30 heteroatoms. The minimum Gasteiger partial charge on any atom is -0.505 e. The molecule has 0 fully saturated rings. The lowest BCUT2D eigenvalue weighted by Gasteiger charge is -2.11. The van der Waals surface area contributed by atoms with E-state index in [4.69, 9.17) is 16.3 Å². The van der Waals surface area contributed by atoms with Crippen LogP contribution < -0.4 is 4.74 Å². The molecule has 0 spiro atoms. The van der Waals surface area contributed by atoms with Crippen LogP contribution >= 0.6 is 22.9 Å². The summed E-state index contributed by atoms with van der Waals surface area (Å²) in [6.07, 6.45) is 0.828. The summed E-state index contributed by atoms with van der Waals surface area (Å²) in [5, 5.41) is 49.7. The molecule has 344 valence electrons. The molecule has 0 saturated carbocycles. The van der Waals surface area contributed by atoms with Gasteiger partial charge in [0.15, 0.2) is 11.4 Å². The fraction of sp³-hybridized carbons (Fsp3) is 0.111. The number of benzene rings is 5. The van der Waals surface area contributed by atoms with Crippen LogP contribution in [-0.4, -0.2) is 89.2 Å². The fourth-order valence-corrected chi connectivity index (χ4v) is 9.72. The van der Waals surface area contributed by atoms with Crippen LogP contribution in [0.15, 0.2) is 124 Å². The van der Waals surface area contributed by atoms with Crippen molar-refractivity contribution in [1.29, 1.82) is 0 Å². The third-order valence-corrected chi connectivity index (χ3v) is 13.6. The molecule has 5 aromatic carbocycles. The molecule has 2 aromatic heterocycles. The molecule has 0 aliphatic heterocycles. The van der Waals surface area contributed by atoms with Crippen LogP contribution in [-0.2, 0) is 40.5 Å². The van der Waals surface area contributed by atoms with Gasteiger partial charge in [-0.25, -0.2) is 4.98 Å². The Morgan fingerprint density at radius 1 is 0.712 bits per heavy atom. The van der Waals surface area contributed by atoms with E-state index in [9.17, 15) is 62.1 Å². The van der Waals surface area contributed by atoms with E-state index in [0.717, 1.165) is 46.5 Å². The number of rotatable bonds is 15. The molecule has 7 rings (SSSR count). The number of hydrogen-bond acceptors (Lipinski definition) is 20. The molecule has 0 amide bonds. The van der Waals surface area contributed by atoms with Gasteiger partial charge in [0.05, 0.1) is 39.5 Å². The lowest BCUT2D eigenvalue weighted by molar-refractivity contribution is 0.317. The molecule has 0 unspecified atom stereocenters. The first-order chi connectivity index (χ1) is 30.9. The summed E-state index contributed by atoms with van der Waals surface area (Å²) >= 11 is 6.96. The monoisotopic (exact) mass is 1020 g/mol. The molecule has 7 aromatic rings. The predicted molar refractivity (Wildman–Crippen MR) is 235 cm³/mol. The van der Waals surface area contributed by atoms with Gasteiger partial charge in [0.25, 0.3) is 40.5 Å². The Labute approximate surface area is 381 Å². The highest BCUT2D eigenvalue weighted by molar-refractivity contribution is 7.86. The number of aromatic nitrogens is 3. The molecule has 0 atom stereocenters. The third kappa shape index (κ3) is 10.7. The van der Waals surface area contributed by atoms with Crippen molar-refractivity contribution < 1.29 is 66.8 Å². The minimum absolute atomic E-state index is 0.0192. The van der Waals surface area contributed by atoms with Crippen LogP contribution in [0.3, 0.4) is 0 Å². The third-order valence-electron chi connectivity index (χ3n) is 8.97. The molecule has 0 aliphatic rings. The van der Waals surface area contributed by atoms with E-state index in [1.807, 2.05) is 0 Å². The van der Waals surface area contributed by atoms with Crippen molar-refractivity contribution in [3.63, 3.8) is 0 Å². The van der Waals surface area contributed by atoms with Gasteiger partial charge >= 0.3 is 0 Å². The van der Waals surface area contributed by atoms with Crippen molar-refractivity contribution in [2.45, 2.75) is 28.0 Å². The largest absolute Gasteiger partial charge is 0.505 e. The number of aryl methyl sites for hydroxylation is 1. The first-order valence-corrected chi connectivity index (χ1v) is 25.2. The molecular weight excluding hydrogens is 994 g/mol. The van der Waals surface area contributed by atoms with Crippen LogP contribution in [0.2, 0.25) is 5.02 Å². The van der Waals surface area contributed by atoms with Crippen LogP contribution in [0, 0.1) is 6.92 Å². The van der Waals surface area contributed by atoms with Gasteiger partial charge in [-0.2, -0.15) is 43.5 Å². The Kier molecular flexibility index (Phi) is 13.0. The number of ether oxygens (including phenoxy) is 1. The molecule has 2 heterocycles. The first kappa shape index (κ1) is 47.5. The summed E-state index contributed by atoms with van der Waals surface area (Å²) in [7, 11) is -18.7. The van der Waals surface area contributed by atoms with E-state index >= 15 is 0 Å². The summed E-state index contributed by atoms with van der Waals surface area (Å²) in [5.41, 5.74) is -0.536. The maximum Gasteiger partial charge on any atom is 0.297 e. The van der Waals surface area contributed by atoms with Gasteiger partial charge in [0, 0.05) is 21.9 Å². The summed E-state index contributed by atoms with van der Waals surface area (Å²) in [5.74, 6) is -1.98. The second-order valence-electron chi connectivity index (χ2n) is 13.6. The quantitative estimate of drug-likeness (QED) is 0.0318. The second-order valence-corrected chi connectivity index (χ2v) is 20.8. The predicted octanol–water partition coefficient (Wildman–Crippen LogP) is 8.65. The Hall–Kier alpha value is -6.41. The first-order valence-electron chi connectivity index (χ1n) is 18.0. The lowest BCUT2D eigenvalue weighted by Crippen LogP contribution is -2.08. The van der Waals surface area contributed by atoms with Gasteiger partial charge in [0.2, 0.25) is 11.0 Å². The zero-order valence-corrected chi connectivity index (χ0v) is 37.8. The number of aromatic hydroxyl groups is 2. The minimum atomic E-state index is -5.11. The second kappa shape index (κ2) is 18.1. The van der Waals surface area contributed by atoms with Gasteiger partial charge in [-0.3, -0.25) is 18.2 Å². The highest BCUT2D eigenvalue weighted by Gasteiger charge is 2.24. The highest BCUT2D eigenvalue weighted by atomic mass is 35.5. The van der Waals surface area contributed by atoms with E-state index in [2.05, 4.69) is 40.8 Å². The molecule has 0 aliphatic carbocycles. The zero-order chi connectivity index (χ0) is 47.9. The van der Waals surface area contributed by atoms with Crippen LogP contribution in [0.25, 0.3) is 26.7 Å². The molecule has 0 saturated heterocycles. The maximum atomic E-state index is 12.7. The number of para-hydroxylation sites is 1. The van der Waals surface area contributed by atoms with Gasteiger partial charge in [-0.15, -0.1) is 30.7 Å². The van der Waals surface area contributed by atoms with E-state index < -0.39 is 78.2 Å². The van der Waals surface area contributed by atoms with Gasteiger partial charge < -0.3 is 14.9 Å². The molecule has 0 radical (unpaired) electrons. The Morgan fingerprint density at radius 3 is 2.08 bits per heavy atom. The fourth-order valence-electron chi connectivity index (χ4n) is 6.04. The van der Waals surface area contributed by atoms with Gasteiger partial charge in [-0.05, 0) is 73.5 Å². The number of hydrogen-bond donors (Lipinski definition) is 6. The van der Waals surface area contributed by atoms with Gasteiger partial charge in [0.1, 0.15) is 38.1 Å². The topological polar surface area (TPSA) is 372 Å². The van der Waals surface area contributed by atoms with Crippen molar-refractivity contribution in [2.75, 3.05) is 12.4 Å².